The van der Waals surface area contributed by atoms with Gasteiger partial charge < -0.3 is 5.73 Å². The second kappa shape index (κ2) is 4.08. The SMILES string of the molecule is NC(=O)OOc1ccccc1[N+](=O)[O-]. The summed E-state index contributed by atoms with van der Waals surface area (Å²) in [4.78, 5) is 28.2. The number of hydrogen-bond acceptors (Lipinski definition) is 5. The molecule has 7 nitrogen and oxygen atoms in total. The Bertz CT molecular complexity index is 365. The van der Waals surface area contributed by atoms with Crippen molar-refractivity contribution in [2.45, 2.75) is 0 Å². The van der Waals surface area contributed by atoms with Crippen molar-refractivity contribution in [2.75, 3.05) is 0 Å². The Morgan fingerprint density at radius 2 is 2.07 bits per heavy atom. The Hall–Kier alpha value is -2.31. The number of carbonyl (C=O) groups is 1. The molecule has 0 fully saturated rings. The maximum atomic E-state index is 10.4. The summed E-state index contributed by atoms with van der Waals surface area (Å²) in [5.74, 6) is -0.184. The number of nitrogens with two attached hydrogens (primary N) is 1. The number of nitro groups is 1. The molecule has 0 saturated heterocycles. The minimum atomic E-state index is -1.18. The molecule has 2 N–H and O–H groups in total. The maximum Gasteiger partial charge on any atom is 0.447 e. The van der Waals surface area contributed by atoms with Crippen molar-refractivity contribution >= 4 is 11.8 Å². The van der Waals surface area contributed by atoms with Crippen LogP contribution in [0.25, 0.3) is 0 Å². The van der Waals surface area contributed by atoms with Gasteiger partial charge in [-0.25, -0.2) is 9.68 Å². The van der Waals surface area contributed by atoms with Crippen LogP contribution in [0.15, 0.2) is 24.3 Å². The smallest absolute Gasteiger partial charge is 0.332 e. The monoisotopic (exact) mass is 198 g/mol. The van der Waals surface area contributed by atoms with Crippen LogP contribution in [-0.2, 0) is 4.89 Å². The first-order chi connectivity index (χ1) is 6.61. The molecule has 0 aliphatic carbocycles. The molecule has 14 heavy (non-hydrogen) atoms. The zero-order valence-corrected chi connectivity index (χ0v) is 6.88. The van der Waals surface area contributed by atoms with E-state index in [4.69, 9.17) is 0 Å². The number of para-hydroxylation sites is 2. The van der Waals surface area contributed by atoms with Gasteiger partial charge >= 0.3 is 11.8 Å². The Morgan fingerprint density at radius 3 is 2.64 bits per heavy atom. The van der Waals surface area contributed by atoms with E-state index in [1.165, 1.54) is 24.3 Å². The Morgan fingerprint density at radius 1 is 1.43 bits per heavy atom. The summed E-state index contributed by atoms with van der Waals surface area (Å²) < 4.78 is 0. The predicted octanol–water partition coefficient (Wildman–Crippen LogP) is 0.984. The summed E-state index contributed by atoms with van der Waals surface area (Å²) >= 11 is 0. The summed E-state index contributed by atoms with van der Waals surface area (Å²) in [5.41, 5.74) is 4.30. The fourth-order valence-electron chi connectivity index (χ4n) is 0.764. The highest BCUT2D eigenvalue weighted by Gasteiger charge is 2.15. The lowest BCUT2D eigenvalue weighted by Crippen LogP contribution is -2.15. The molecule has 0 atom stereocenters. The molecule has 1 rings (SSSR count). The zero-order chi connectivity index (χ0) is 10.6. The van der Waals surface area contributed by atoms with Crippen LogP contribution >= 0.6 is 0 Å². The Labute approximate surface area is 78.1 Å². The molecular weight excluding hydrogens is 192 g/mol. The number of benzene rings is 1. The molecule has 0 radical (unpaired) electrons. The first-order valence-electron chi connectivity index (χ1n) is 3.48. The number of amides is 1. The fourth-order valence-corrected chi connectivity index (χ4v) is 0.764. The molecule has 74 valence electrons. The highest BCUT2D eigenvalue weighted by atomic mass is 17.2. The second-order valence-electron chi connectivity index (χ2n) is 2.21. The third-order valence-corrected chi connectivity index (χ3v) is 1.28. The van der Waals surface area contributed by atoms with Crippen LogP contribution in [0, 0.1) is 10.1 Å². The summed E-state index contributed by atoms with van der Waals surface area (Å²) in [6, 6.07) is 5.43. The van der Waals surface area contributed by atoms with E-state index in [-0.39, 0.29) is 11.4 Å². The van der Waals surface area contributed by atoms with Crippen LogP contribution in [0.1, 0.15) is 0 Å². The van der Waals surface area contributed by atoms with Crippen LogP contribution in [0.4, 0.5) is 10.5 Å². The zero-order valence-electron chi connectivity index (χ0n) is 6.88. The molecule has 7 heteroatoms. The van der Waals surface area contributed by atoms with Crippen LogP contribution in [0.5, 0.6) is 5.75 Å². The number of carbonyl (C=O) groups excluding carboxylic acids is 1. The quantitative estimate of drug-likeness (QED) is 0.442. The predicted molar refractivity (Wildman–Crippen MR) is 44.4 cm³/mol. The van der Waals surface area contributed by atoms with Crippen molar-refractivity contribution in [1.29, 1.82) is 0 Å². The number of hydrogen-bond donors (Lipinski definition) is 1. The number of rotatable bonds is 3. The van der Waals surface area contributed by atoms with Crippen molar-refractivity contribution in [2.24, 2.45) is 5.73 Å². The molecule has 0 aliphatic heterocycles. The van der Waals surface area contributed by atoms with Gasteiger partial charge in [0.15, 0.2) is 0 Å². The summed E-state index contributed by atoms with van der Waals surface area (Å²) in [5, 5.41) is 10.4. The average Bonchev–Trinajstić information content (AvgIpc) is 2.15. The van der Waals surface area contributed by atoms with E-state index in [0.717, 1.165) is 0 Å². The van der Waals surface area contributed by atoms with Crippen LogP contribution < -0.4 is 10.6 Å². The minimum absolute atomic E-state index is 0.184. The molecule has 0 heterocycles. The topological polar surface area (TPSA) is 105 Å². The van der Waals surface area contributed by atoms with Crippen LogP contribution in [-0.4, -0.2) is 11.0 Å². The Kier molecular flexibility index (Phi) is 2.85. The third kappa shape index (κ3) is 2.34. The van der Waals surface area contributed by atoms with Crippen molar-refractivity contribution in [3.05, 3.63) is 34.4 Å². The first-order valence-corrected chi connectivity index (χ1v) is 3.48. The van der Waals surface area contributed by atoms with Crippen molar-refractivity contribution in [3.63, 3.8) is 0 Å². The minimum Gasteiger partial charge on any atom is -0.332 e. The van der Waals surface area contributed by atoms with Crippen LogP contribution in [0.2, 0.25) is 0 Å². The van der Waals surface area contributed by atoms with Gasteiger partial charge in [-0.15, -0.1) is 0 Å². The van der Waals surface area contributed by atoms with Gasteiger partial charge in [-0.3, -0.25) is 15.0 Å². The third-order valence-electron chi connectivity index (χ3n) is 1.28. The van der Waals surface area contributed by atoms with Crippen molar-refractivity contribution in [1.82, 2.24) is 0 Å². The lowest BCUT2D eigenvalue weighted by atomic mass is 10.3. The van der Waals surface area contributed by atoms with E-state index in [1.54, 1.807) is 0 Å². The largest absolute Gasteiger partial charge is 0.447 e. The van der Waals surface area contributed by atoms with E-state index in [9.17, 15) is 14.9 Å². The van der Waals surface area contributed by atoms with Gasteiger partial charge in [0.1, 0.15) is 0 Å². The Balaban J connectivity index is 2.84. The van der Waals surface area contributed by atoms with E-state index in [2.05, 4.69) is 15.5 Å². The van der Waals surface area contributed by atoms with Crippen LogP contribution in [0.3, 0.4) is 0 Å². The fraction of sp³-hybridized carbons (Fsp3) is 0. The highest BCUT2D eigenvalue weighted by molar-refractivity contribution is 5.64. The molecule has 1 aromatic rings. The van der Waals surface area contributed by atoms with E-state index in [1.807, 2.05) is 0 Å². The van der Waals surface area contributed by atoms with Gasteiger partial charge in [-0.1, -0.05) is 12.1 Å². The first kappa shape index (κ1) is 9.78. The number of primary amides is 1. The lowest BCUT2D eigenvalue weighted by molar-refractivity contribution is -0.387. The van der Waals surface area contributed by atoms with Gasteiger partial charge in [0.2, 0.25) is 0 Å². The highest BCUT2D eigenvalue weighted by Crippen LogP contribution is 2.25. The molecule has 1 amide bonds. The molecule has 0 aliphatic rings. The van der Waals surface area contributed by atoms with E-state index < -0.39 is 11.0 Å². The normalized spacial score (nSPS) is 9.14. The van der Waals surface area contributed by atoms with Gasteiger partial charge in [-0.05, 0) is 6.07 Å². The molecule has 0 bridgehead atoms. The van der Waals surface area contributed by atoms with Gasteiger partial charge in [0.25, 0.3) is 5.75 Å². The maximum absolute atomic E-state index is 10.4. The molecule has 1 aromatic carbocycles. The summed E-state index contributed by atoms with van der Waals surface area (Å²) in [7, 11) is 0. The van der Waals surface area contributed by atoms with E-state index >= 15 is 0 Å². The molecular formula is C7H6N2O5. The van der Waals surface area contributed by atoms with Crippen molar-refractivity contribution < 1.29 is 19.5 Å². The molecule has 0 unspecified atom stereocenters. The van der Waals surface area contributed by atoms with Gasteiger partial charge in [0.05, 0.1) is 4.92 Å². The summed E-state index contributed by atoms with van der Waals surface area (Å²) in [6.07, 6.45) is -1.18. The molecule has 0 spiro atoms. The standard InChI is InChI=1S/C7H6N2O5/c8-7(10)14-13-6-4-2-1-3-5(6)9(11)12/h1-4H,(H2,8,10). The molecule has 0 aromatic heterocycles. The average molecular weight is 198 g/mol. The van der Waals surface area contributed by atoms with Crippen molar-refractivity contribution in [3.8, 4) is 5.75 Å². The van der Waals surface area contributed by atoms with Gasteiger partial charge in [-0.2, -0.15) is 0 Å². The second-order valence-corrected chi connectivity index (χ2v) is 2.21. The summed E-state index contributed by atoms with van der Waals surface area (Å²) in [6.45, 7) is 0. The van der Waals surface area contributed by atoms with Gasteiger partial charge in [0, 0.05) is 6.07 Å². The lowest BCUT2D eigenvalue weighted by Gasteiger charge is -2.01. The number of nitrogens with zero attached hydrogens (tertiary/aromatic N) is 1. The number of nitro benzene ring substituents is 1. The van der Waals surface area contributed by atoms with E-state index in [0.29, 0.717) is 0 Å². The molecule has 0 saturated carbocycles.